The molecule has 1 N–H and O–H groups in total. The van der Waals surface area contributed by atoms with Gasteiger partial charge in [0.25, 0.3) is 0 Å². The van der Waals surface area contributed by atoms with Crippen molar-refractivity contribution in [1.82, 2.24) is 10.2 Å². The minimum atomic E-state index is 0.803. The monoisotopic (exact) mass is 238 g/mol. The van der Waals surface area contributed by atoms with Crippen LogP contribution in [0.2, 0.25) is 0 Å². The molecule has 0 saturated carbocycles. The molecule has 2 aliphatic rings. The Bertz CT molecular complexity index is 215. The molecule has 0 aliphatic carbocycles. The summed E-state index contributed by atoms with van der Waals surface area (Å²) >= 11 is 0. The van der Waals surface area contributed by atoms with Crippen LogP contribution in [0.5, 0.6) is 0 Å². The molecule has 3 unspecified atom stereocenters. The van der Waals surface area contributed by atoms with Crippen LogP contribution in [0.25, 0.3) is 0 Å². The molecule has 2 nitrogen and oxygen atoms in total. The summed E-state index contributed by atoms with van der Waals surface area (Å²) in [6.45, 7) is 8.22. The summed E-state index contributed by atoms with van der Waals surface area (Å²) < 4.78 is 0. The number of rotatable bonds is 6. The van der Waals surface area contributed by atoms with E-state index in [0.717, 1.165) is 24.2 Å². The van der Waals surface area contributed by atoms with Gasteiger partial charge in [0, 0.05) is 24.2 Å². The van der Waals surface area contributed by atoms with Gasteiger partial charge in [0.2, 0.25) is 0 Å². The lowest BCUT2D eigenvalue weighted by atomic mass is 9.94. The SMILES string of the molecule is CCCNC1CC2CCC(C1)N2C(C)CCC. The average Bonchev–Trinajstić information content (AvgIpc) is 2.59. The highest BCUT2D eigenvalue weighted by Gasteiger charge is 2.42. The Morgan fingerprint density at radius 2 is 1.76 bits per heavy atom. The third-order valence-electron chi connectivity index (χ3n) is 4.69. The fourth-order valence-electron chi connectivity index (χ4n) is 4.02. The lowest BCUT2D eigenvalue weighted by molar-refractivity contribution is 0.0732. The lowest BCUT2D eigenvalue weighted by Crippen LogP contribution is -2.52. The second-order valence-electron chi connectivity index (χ2n) is 6.09. The Morgan fingerprint density at radius 1 is 1.12 bits per heavy atom. The highest BCUT2D eigenvalue weighted by atomic mass is 15.3. The smallest absolute Gasteiger partial charge is 0.0116 e. The van der Waals surface area contributed by atoms with Gasteiger partial charge < -0.3 is 5.32 Å². The molecule has 2 bridgehead atoms. The van der Waals surface area contributed by atoms with Crippen molar-refractivity contribution in [2.75, 3.05) is 6.54 Å². The van der Waals surface area contributed by atoms with Crippen molar-refractivity contribution in [1.29, 1.82) is 0 Å². The Balaban J connectivity index is 1.88. The van der Waals surface area contributed by atoms with Gasteiger partial charge in [0.1, 0.15) is 0 Å². The summed E-state index contributed by atoms with van der Waals surface area (Å²) in [6.07, 6.45) is 9.65. The van der Waals surface area contributed by atoms with E-state index < -0.39 is 0 Å². The van der Waals surface area contributed by atoms with E-state index in [1.165, 1.54) is 51.5 Å². The molecule has 0 amide bonds. The molecule has 100 valence electrons. The number of nitrogens with zero attached hydrogens (tertiary/aromatic N) is 1. The molecule has 0 aromatic rings. The van der Waals surface area contributed by atoms with Gasteiger partial charge in [0.05, 0.1) is 0 Å². The molecule has 0 spiro atoms. The van der Waals surface area contributed by atoms with Crippen molar-refractivity contribution in [2.24, 2.45) is 0 Å². The topological polar surface area (TPSA) is 15.3 Å². The summed E-state index contributed by atoms with van der Waals surface area (Å²) in [5, 5.41) is 3.74. The van der Waals surface area contributed by atoms with Crippen molar-refractivity contribution in [2.45, 2.75) is 89.9 Å². The van der Waals surface area contributed by atoms with Crippen LogP contribution in [0.1, 0.15) is 65.7 Å². The number of hydrogen-bond donors (Lipinski definition) is 1. The highest BCUT2D eigenvalue weighted by molar-refractivity contribution is 4.99. The van der Waals surface area contributed by atoms with Crippen molar-refractivity contribution in [3.63, 3.8) is 0 Å². The Labute approximate surface area is 107 Å². The Morgan fingerprint density at radius 3 is 2.29 bits per heavy atom. The van der Waals surface area contributed by atoms with Crippen LogP contribution in [0.4, 0.5) is 0 Å². The van der Waals surface area contributed by atoms with Gasteiger partial charge in [0.15, 0.2) is 0 Å². The standard InChI is InChI=1S/C15H30N2/c1-4-6-12(3)17-14-7-8-15(17)11-13(10-14)16-9-5-2/h12-16H,4-11H2,1-3H3. The lowest BCUT2D eigenvalue weighted by Gasteiger charge is -2.43. The summed E-state index contributed by atoms with van der Waals surface area (Å²) in [4.78, 5) is 2.85. The predicted octanol–water partition coefficient (Wildman–Crippen LogP) is 3.17. The van der Waals surface area contributed by atoms with Gasteiger partial charge in [-0.05, 0) is 52.0 Å². The number of nitrogens with one attached hydrogen (secondary N) is 1. The largest absolute Gasteiger partial charge is 0.314 e. The van der Waals surface area contributed by atoms with Crippen LogP contribution in [-0.2, 0) is 0 Å². The number of piperidine rings is 1. The van der Waals surface area contributed by atoms with Crippen LogP contribution >= 0.6 is 0 Å². The summed E-state index contributed by atoms with van der Waals surface area (Å²) in [6, 6.07) is 3.37. The quantitative estimate of drug-likeness (QED) is 0.764. The highest BCUT2D eigenvalue weighted by Crippen LogP contribution is 2.37. The zero-order valence-corrected chi connectivity index (χ0v) is 11.9. The van der Waals surface area contributed by atoms with Crippen molar-refractivity contribution >= 4 is 0 Å². The maximum atomic E-state index is 3.74. The van der Waals surface area contributed by atoms with E-state index in [1.54, 1.807) is 0 Å². The Kier molecular flexibility index (Phi) is 4.87. The predicted molar refractivity (Wildman–Crippen MR) is 74.3 cm³/mol. The second-order valence-corrected chi connectivity index (χ2v) is 6.09. The van der Waals surface area contributed by atoms with Crippen LogP contribution in [-0.4, -0.2) is 35.6 Å². The minimum Gasteiger partial charge on any atom is -0.314 e. The zero-order valence-electron chi connectivity index (χ0n) is 11.9. The van der Waals surface area contributed by atoms with Crippen molar-refractivity contribution in [3.05, 3.63) is 0 Å². The molecule has 2 saturated heterocycles. The van der Waals surface area contributed by atoms with Crippen LogP contribution in [0.15, 0.2) is 0 Å². The van der Waals surface area contributed by atoms with E-state index in [0.29, 0.717) is 0 Å². The molecule has 2 aliphatic heterocycles. The van der Waals surface area contributed by atoms with Crippen molar-refractivity contribution in [3.8, 4) is 0 Å². The van der Waals surface area contributed by atoms with Gasteiger partial charge in [-0.2, -0.15) is 0 Å². The number of fused-ring (bicyclic) bond motifs is 2. The van der Waals surface area contributed by atoms with Crippen molar-refractivity contribution < 1.29 is 0 Å². The third kappa shape index (κ3) is 3.03. The molecule has 0 aromatic heterocycles. The summed E-state index contributed by atoms with van der Waals surface area (Å²) in [5.41, 5.74) is 0. The van der Waals surface area contributed by atoms with Crippen LogP contribution < -0.4 is 5.32 Å². The average molecular weight is 238 g/mol. The van der Waals surface area contributed by atoms with Gasteiger partial charge in [-0.25, -0.2) is 0 Å². The fourth-order valence-corrected chi connectivity index (χ4v) is 4.02. The van der Waals surface area contributed by atoms with E-state index in [9.17, 15) is 0 Å². The first-order chi connectivity index (χ1) is 8.26. The van der Waals surface area contributed by atoms with Crippen LogP contribution in [0.3, 0.4) is 0 Å². The maximum Gasteiger partial charge on any atom is 0.0116 e. The molecular weight excluding hydrogens is 208 g/mol. The zero-order chi connectivity index (χ0) is 12.3. The first-order valence-electron chi connectivity index (χ1n) is 7.77. The molecule has 2 fully saturated rings. The van der Waals surface area contributed by atoms with E-state index >= 15 is 0 Å². The van der Waals surface area contributed by atoms with Gasteiger partial charge in [-0.3, -0.25) is 4.90 Å². The van der Waals surface area contributed by atoms with Gasteiger partial charge >= 0.3 is 0 Å². The van der Waals surface area contributed by atoms with E-state index in [1.807, 2.05) is 0 Å². The summed E-state index contributed by atoms with van der Waals surface area (Å²) in [7, 11) is 0. The van der Waals surface area contributed by atoms with Crippen LogP contribution in [0, 0.1) is 0 Å². The Hall–Kier alpha value is -0.0800. The molecule has 2 heterocycles. The van der Waals surface area contributed by atoms with E-state index in [2.05, 4.69) is 31.0 Å². The number of hydrogen-bond acceptors (Lipinski definition) is 2. The molecular formula is C15H30N2. The minimum absolute atomic E-state index is 0.803. The summed E-state index contributed by atoms with van der Waals surface area (Å²) in [5.74, 6) is 0. The van der Waals surface area contributed by atoms with Gasteiger partial charge in [-0.1, -0.05) is 20.3 Å². The van der Waals surface area contributed by atoms with E-state index in [4.69, 9.17) is 0 Å². The second kappa shape index (κ2) is 6.19. The normalized spacial score (nSPS) is 35.1. The van der Waals surface area contributed by atoms with Gasteiger partial charge in [-0.15, -0.1) is 0 Å². The third-order valence-corrected chi connectivity index (χ3v) is 4.69. The molecule has 3 atom stereocenters. The fraction of sp³-hybridized carbons (Fsp3) is 1.00. The molecule has 0 radical (unpaired) electrons. The first-order valence-corrected chi connectivity index (χ1v) is 7.77. The first kappa shape index (κ1) is 13.4. The molecule has 2 heteroatoms. The maximum absolute atomic E-state index is 3.74. The molecule has 0 aromatic carbocycles. The molecule has 17 heavy (non-hydrogen) atoms. The molecule has 2 rings (SSSR count). The van der Waals surface area contributed by atoms with E-state index in [-0.39, 0.29) is 0 Å².